The summed E-state index contributed by atoms with van der Waals surface area (Å²) in [6.07, 6.45) is -0.418. The molecule has 4 rings (SSSR count). The van der Waals surface area contributed by atoms with Crippen molar-refractivity contribution in [1.82, 2.24) is 0 Å². The van der Waals surface area contributed by atoms with E-state index >= 15 is 0 Å². The van der Waals surface area contributed by atoms with Crippen molar-refractivity contribution in [3.8, 4) is 11.8 Å². The van der Waals surface area contributed by atoms with Crippen LogP contribution in [0.1, 0.15) is 11.5 Å². The third-order valence-corrected chi connectivity index (χ3v) is 5.69. The summed E-state index contributed by atoms with van der Waals surface area (Å²) >= 11 is 0. The molecule has 1 atom stereocenters. The molecule has 0 amide bonds. The summed E-state index contributed by atoms with van der Waals surface area (Å²) in [6, 6.07) is 14.7. The topological polar surface area (TPSA) is 124 Å². The van der Waals surface area contributed by atoms with Crippen molar-refractivity contribution in [2.24, 2.45) is 5.73 Å². The molecule has 0 aromatic heterocycles. The van der Waals surface area contributed by atoms with Crippen molar-refractivity contribution in [2.75, 3.05) is 32.3 Å². The van der Waals surface area contributed by atoms with Crippen molar-refractivity contribution in [3.63, 3.8) is 0 Å². The van der Waals surface area contributed by atoms with Gasteiger partial charge in [-0.05, 0) is 17.7 Å². The van der Waals surface area contributed by atoms with Crippen LogP contribution in [0.4, 0.5) is 10.1 Å². The Kier molecular flexibility index (Phi) is 6.71. The highest BCUT2D eigenvalue weighted by atomic mass is 19.1. The second-order valence-electron chi connectivity index (χ2n) is 7.70. The van der Waals surface area contributed by atoms with Gasteiger partial charge in [0.05, 0.1) is 56.3 Å². The average Bonchev–Trinajstić information content (AvgIpc) is 2.85. The minimum atomic E-state index is -1.03. The second-order valence-corrected chi connectivity index (χ2v) is 7.70. The zero-order valence-electron chi connectivity index (χ0n) is 19.0. The second kappa shape index (κ2) is 9.87. The number of esters is 2. The molecule has 1 saturated heterocycles. The van der Waals surface area contributed by atoms with Gasteiger partial charge in [0.15, 0.2) is 11.6 Å². The first-order chi connectivity index (χ1) is 16.9. The predicted molar refractivity (Wildman–Crippen MR) is 121 cm³/mol. The number of hydrogen-bond acceptors (Lipinski definition) is 9. The van der Waals surface area contributed by atoms with Crippen molar-refractivity contribution >= 4 is 17.6 Å². The molecule has 1 fully saturated rings. The minimum Gasteiger partial charge on any atom is -0.480 e. The first-order valence-corrected chi connectivity index (χ1v) is 10.6. The number of nitrogens with two attached hydrogens (primary N) is 1. The fourth-order valence-corrected chi connectivity index (χ4v) is 4.00. The van der Waals surface area contributed by atoms with Crippen LogP contribution in [0.15, 0.2) is 71.2 Å². The van der Waals surface area contributed by atoms with E-state index in [2.05, 4.69) is 0 Å². The first kappa shape index (κ1) is 23.8. The molecule has 2 heterocycles. The largest absolute Gasteiger partial charge is 0.480 e. The summed E-state index contributed by atoms with van der Waals surface area (Å²) in [4.78, 5) is 27.3. The predicted octanol–water partition coefficient (Wildman–Crippen LogP) is 2.50. The average molecular weight is 479 g/mol. The number of ether oxygens (including phenoxy) is 4. The quantitative estimate of drug-likeness (QED) is 0.622. The Morgan fingerprint density at radius 1 is 1.09 bits per heavy atom. The van der Waals surface area contributed by atoms with Gasteiger partial charge < -0.3 is 24.7 Å². The summed E-state index contributed by atoms with van der Waals surface area (Å²) in [5, 5.41) is 10.1. The number of carbonyl (C=O) groups is 2. The number of carbonyl (C=O) groups excluding carboxylic acids is 2. The highest BCUT2D eigenvalue weighted by Crippen LogP contribution is 2.46. The van der Waals surface area contributed by atoms with Gasteiger partial charge in [0.1, 0.15) is 17.6 Å². The normalized spacial score (nSPS) is 18.0. The van der Waals surface area contributed by atoms with Crippen LogP contribution in [0, 0.1) is 17.1 Å². The van der Waals surface area contributed by atoms with E-state index in [0.29, 0.717) is 5.56 Å². The zero-order valence-corrected chi connectivity index (χ0v) is 19.0. The number of nitrogens with zero attached hydrogens (tertiary/aromatic N) is 2. The fourth-order valence-electron chi connectivity index (χ4n) is 4.00. The van der Waals surface area contributed by atoms with Gasteiger partial charge in [0, 0.05) is 0 Å². The van der Waals surface area contributed by atoms with E-state index in [4.69, 9.17) is 24.7 Å². The first-order valence-electron chi connectivity index (χ1n) is 10.6. The van der Waals surface area contributed by atoms with Crippen LogP contribution in [0.25, 0.3) is 0 Å². The maximum atomic E-state index is 15.0. The Hall–Kier alpha value is -4.36. The lowest BCUT2D eigenvalue weighted by Gasteiger charge is -2.37. The summed E-state index contributed by atoms with van der Waals surface area (Å²) < 4.78 is 35.8. The van der Waals surface area contributed by atoms with Crippen molar-refractivity contribution < 1.29 is 32.9 Å². The van der Waals surface area contributed by atoms with Gasteiger partial charge in [0.25, 0.3) is 0 Å². The number of benzene rings is 2. The Morgan fingerprint density at radius 2 is 1.77 bits per heavy atom. The molecule has 1 unspecified atom stereocenters. The number of anilines is 1. The number of hydrogen-bond donors (Lipinski definition) is 1. The Balaban J connectivity index is 2.03. The van der Waals surface area contributed by atoms with Gasteiger partial charge in [-0.25, -0.2) is 14.0 Å². The number of rotatable bonds is 6. The Morgan fingerprint density at radius 3 is 2.34 bits per heavy atom. The molecular formula is C25H22FN3O6. The van der Waals surface area contributed by atoms with Gasteiger partial charge in [-0.1, -0.05) is 36.4 Å². The Labute approximate surface area is 200 Å². The highest BCUT2D eigenvalue weighted by molar-refractivity contribution is 6.06. The lowest BCUT2D eigenvalue weighted by Crippen LogP contribution is -2.42. The van der Waals surface area contributed by atoms with Crippen LogP contribution in [0.3, 0.4) is 0 Å². The molecule has 2 N–H and O–H groups in total. The SMILES string of the molecule is COC(=O)C1=C(C(=O)OC)N(c2cccc(F)c2OC2COC2)C(N)=C(C#N)C1c1ccccc1. The van der Waals surface area contributed by atoms with E-state index < -0.39 is 29.8 Å². The molecule has 0 aliphatic carbocycles. The molecule has 2 aromatic carbocycles. The van der Waals surface area contributed by atoms with Crippen LogP contribution >= 0.6 is 0 Å². The molecule has 35 heavy (non-hydrogen) atoms. The third-order valence-electron chi connectivity index (χ3n) is 5.69. The standard InChI is InChI=1S/C25H22FN3O6/c1-32-24(30)20-19(14-7-4-3-5-8-14)16(11-27)23(28)29(21(20)25(31)33-2)18-10-6-9-17(26)22(18)35-15-12-34-13-15/h3-10,15,19H,12-13,28H2,1-2H3. The third kappa shape index (κ3) is 4.18. The molecule has 9 nitrogen and oxygen atoms in total. The van der Waals surface area contributed by atoms with Crippen LogP contribution < -0.4 is 15.4 Å². The van der Waals surface area contributed by atoms with E-state index in [9.17, 15) is 19.2 Å². The zero-order chi connectivity index (χ0) is 25.1. The number of halogens is 1. The van der Waals surface area contributed by atoms with Crippen LogP contribution in [0.2, 0.25) is 0 Å². The summed E-state index contributed by atoms with van der Waals surface area (Å²) in [6.45, 7) is 0.511. The van der Waals surface area contributed by atoms with Crippen LogP contribution in [0.5, 0.6) is 5.75 Å². The molecule has 180 valence electrons. The number of para-hydroxylation sites is 1. The summed E-state index contributed by atoms with van der Waals surface area (Å²) in [7, 11) is 2.28. The lowest BCUT2D eigenvalue weighted by atomic mass is 9.81. The van der Waals surface area contributed by atoms with Crippen LogP contribution in [-0.4, -0.2) is 45.5 Å². The molecule has 10 heteroatoms. The van der Waals surface area contributed by atoms with Gasteiger partial charge in [-0.15, -0.1) is 0 Å². The molecular weight excluding hydrogens is 457 g/mol. The molecule has 0 spiro atoms. The minimum absolute atomic E-state index is 0.00969. The van der Waals surface area contributed by atoms with Crippen molar-refractivity contribution in [3.05, 3.63) is 82.6 Å². The molecule has 0 saturated carbocycles. The van der Waals surface area contributed by atoms with E-state index in [1.807, 2.05) is 6.07 Å². The number of methoxy groups -OCH3 is 2. The van der Waals surface area contributed by atoms with Crippen LogP contribution in [-0.2, 0) is 23.8 Å². The van der Waals surface area contributed by atoms with Gasteiger partial charge in [-0.3, -0.25) is 4.90 Å². The van der Waals surface area contributed by atoms with E-state index in [0.717, 1.165) is 19.1 Å². The van der Waals surface area contributed by atoms with Gasteiger partial charge >= 0.3 is 11.9 Å². The highest BCUT2D eigenvalue weighted by Gasteiger charge is 2.44. The van der Waals surface area contributed by atoms with Crippen molar-refractivity contribution in [1.29, 1.82) is 5.26 Å². The molecule has 2 aromatic rings. The maximum absolute atomic E-state index is 15.0. The number of allylic oxidation sites excluding steroid dienone is 1. The van der Waals surface area contributed by atoms with Gasteiger partial charge in [0.2, 0.25) is 0 Å². The molecule has 2 aliphatic heterocycles. The lowest BCUT2D eigenvalue weighted by molar-refractivity contribution is -0.139. The van der Waals surface area contributed by atoms with E-state index in [-0.39, 0.29) is 47.3 Å². The smallest absolute Gasteiger partial charge is 0.355 e. The summed E-state index contributed by atoms with van der Waals surface area (Å²) in [5.41, 5.74) is 6.46. The summed E-state index contributed by atoms with van der Waals surface area (Å²) in [5.74, 6) is -3.98. The molecule has 2 aliphatic rings. The maximum Gasteiger partial charge on any atom is 0.355 e. The number of nitriles is 1. The van der Waals surface area contributed by atoms with Gasteiger partial charge in [-0.2, -0.15) is 5.26 Å². The molecule has 0 bridgehead atoms. The van der Waals surface area contributed by atoms with E-state index in [1.165, 1.54) is 18.2 Å². The van der Waals surface area contributed by atoms with E-state index in [1.54, 1.807) is 30.3 Å². The Bertz CT molecular complexity index is 1260. The monoisotopic (exact) mass is 479 g/mol. The van der Waals surface area contributed by atoms with Crippen molar-refractivity contribution in [2.45, 2.75) is 12.0 Å². The fraction of sp³-hybridized carbons (Fsp3) is 0.240. The molecule has 0 radical (unpaired) electrons.